The van der Waals surface area contributed by atoms with Crippen molar-refractivity contribution in [3.63, 3.8) is 0 Å². The lowest BCUT2D eigenvalue weighted by Crippen LogP contribution is -2.31. The molecule has 0 N–H and O–H groups in total. The predicted molar refractivity (Wildman–Crippen MR) is 122 cm³/mol. The second-order valence-corrected chi connectivity index (χ2v) is 8.89. The van der Waals surface area contributed by atoms with Crippen LogP contribution in [0.25, 0.3) is 10.1 Å². The van der Waals surface area contributed by atoms with Crippen LogP contribution in [0.1, 0.15) is 27.6 Å². The number of fused-ring (bicyclic) bond motifs is 1. The van der Waals surface area contributed by atoms with Gasteiger partial charge in [0.05, 0.1) is 18.5 Å². The Labute approximate surface area is 181 Å². The second-order valence-electron chi connectivity index (χ2n) is 7.84. The van der Waals surface area contributed by atoms with Crippen LogP contribution in [-0.2, 0) is 0 Å². The Bertz CT molecular complexity index is 1010. The van der Waals surface area contributed by atoms with Crippen molar-refractivity contribution in [2.75, 3.05) is 47.4 Å². The van der Waals surface area contributed by atoms with E-state index in [0.717, 1.165) is 35.9 Å². The van der Waals surface area contributed by atoms with Gasteiger partial charge in [-0.05, 0) is 61.3 Å². The number of amides is 1. The normalized spacial score (nSPS) is 16.7. The molecule has 0 aliphatic carbocycles. The zero-order chi connectivity index (χ0) is 21.1. The number of carbonyl (C=O) groups excluding carboxylic acids is 1. The van der Waals surface area contributed by atoms with Gasteiger partial charge in [-0.3, -0.25) is 4.79 Å². The fourth-order valence-corrected chi connectivity index (χ4v) is 5.33. The Hall–Kier alpha value is -2.57. The largest absolute Gasteiger partial charge is 0.497 e. The first-order chi connectivity index (χ1) is 14.6. The number of likely N-dealkylation sites (tertiary alicyclic amines) is 1. The summed E-state index contributed by atoms with van der Waals surface area (Å²) in [6.07, 6.45) is 1.10. The monoisotopic (exact) mass is 424 g/mol. The molecule has 1 aromatic heterocycles. The molecule has 1 unspecified atom stereocenters. The van der Waals surface area contributed by atoms with Gasteiger partial charge in [0, 0.05) is 24.2 Å². The minimum Gasteiger partial charge on any atom is -0.497 e. The van der Waals surface area contributed by atoms with Crippen molar-refractivity contribution in [1.29, 1.82) is 0 Å². The van der Waals surface area contributed by atoms with Gasteiger partial charge < -0.3 is 19.3 Å². The summed E-state index contributed by atoms with van der Waals surface area (Å²) in [6, 6.07) is 15.9. The Kier molecular flexibility index (Phi) is 6.25. The highest BCUT2D eigenvalue weighted by Gasteiger charge is 2.30. The molecule has 158 valence electrons. The molecule has 2 aromatic carbocycles. The van der Waals surface area contributed by atoms with E-state index in [2.05, 4.69) is 30.1 Å². The summed E-state index contributed by atoms with van der Waals surface area (Å²) in [5.74, 6) is 2.06. The fraction of sp³-hybridized carbons (Fsp3) is 0.375. The van der Waals surface area contributed by atoms with Crippen molar-refractivity contribution >= 4 is 27.3 Å². The third-order valence-corrected chi connectivity index (χ3v) is 6.90. The van der Waals surface area contributed by atoms with Crippen molar-refractivity contribution in [3.05, 3.63) is 59.0 Å². The molecule has 1 aliphatic heterocycles. The Morgan fingerprint density at radius 1 is 1.17 bits per heavy atom. The molecular weight excluding hydrogens is 396 g/mol. The van der Waals surface area contributed by atoms with Crippen LogP contribution in [-0.4, -0.2) is 63.2 Å². The molecule has 0 bridgehead atoms. The molecule has 6 heteroatoms. The van der Waals surface area contributed by atoms with Gasteiger partial charge in [-0.25, -0.2) is 0 Å². The zero-order valence-electron chi connectivity index (χ0n) is 17.8. The van der Waals surface area contributed by atoms with Gasteiger partial charge in [0.2, 0.25) is 0 Å². The molecule has 1 fully saturated rings. The first kappa shape index (κ1) is 20.7. The van der Waals surface area contributed by atoms with Crippen LogP contribution in [0, 0.1) is 0 Å². The van der Waals surface area contributed by atoms with Gasteiger partial charge in [-0.1, -0.05) is 18.2 Å². The number of likely N-dealkylation sites (N-methyl/N-ethyl adjacent to an activating group) is 2. The van der Waals surface area contributed by atoms with E-state index in [0.29, 0.717) is 19.1 Å². The smallest absolute Gasteiger partial charge is 0.264 e. The lowest BCUT2D eigenvalue weighted by atomic mass is 9.95. The molecule has 1 aliphatic rings. The number of carbonyl (C=O) groups is 1. The molecule has 30 heavy (non-hydrogen) atoms. The highest BCUT2D eigenvalue weighted by molar-refractivity contribution is 7.21. The fourth-order valence-electron chi connectivity index (χ4n) is 4.05. The molecule has 1 amide bonds. The number of ether oxygens (including phenoxy) is 2. The summed E-state index contributed by atoms with van der Waals surface area (Å²) in [5.41, 5.74) is 1.23. The van der Waals surface area contributed by atoms with E-state index in [1.165, 1.54) is 15.6 Å². The van der Waals surface area contributed by atoms with Crippen LogP contribution >= 0.6 is 11.3 Å². The summed E-state index contributed by atoms with van der Waals surface area (Å²) < 4.78 is 12.2. The van der Waals surface area contributed by atoms with Crippen LogP contribution in [0.3, 0.4) is 0 Å². The third kappa shape index (κ3) is 4.30. The maximum atomic E-state index is 13.3. The van der Waals surface area contributed by atoms with Crippen LogP contribution < -0.4 is 9.47 Å². The Morgan fingerprint density at radius 3 is 2.60 bits per heavy atom. The van der Waals surface area contributed by atoms with Crippen molar-refractivity contribution < 1.29 is 14.3 Å². The van der Waals surface area contributed by atoms with Gasteiger partial charge in [0.15, 0.2) is 0 Å². The lowest BCUT2D eigenvalue weighted by Gasteiger charge is -2.19. The number of rotatable bonds is 7. The average Bonchev–Trinajstić information content (AvgIpc) is 3.36. The molecular formula is C24H28N2O3S. The summed E-state index contributed by atoms with van der Waals surface area (Å²) in [4.78, 5) is 18.3. The maximum absolute atomic E-state index is 13.3. The quantitative estimate of drug-likeness (QED) is 0.561. The van der Waals surface area contributed by atoms with E-state index in [1.807, 2.05) is 37.4 Å². The van der Waals surface area contributed by atoms with Crippen molar-refractivity contribution in [3.8, 4) is 11.5 Å². The average molecular weight is 425 g/mol. The minimum atomic E-state index is 0.0825. The Morgan fingerprint density at radius 2 is 1.90 bits per heavy atom. The van der Waals surface area contributed by atoms with Crippen LogP contribution in [0.4, 0.5) is 0 Å². The number of methoxy groups -OCH3 is 1. The van der Waals surface area contributed by atoms with E-state index >= 15 is 0 Å². The molecule has 0 radical (unpaired) electrons. The lowest BCUT2D eigenvalue weighted by molar-refractivity contribution is 0.0777. The zero-order valence-corrected chi connectivity index (χ0v) is 18.6. The second kappa shape index (κ2) is 9.06. The van der Waals surface area contributed by atoms with Crippen molar-refractivity contribution in [2.24, 2.45) is 0 Å². The SMILES string of the molecule is COc1ccc(OCCN(C)C(=O)c2sc3ccccc3c2C2CCN(C)C2)cc1. The van der Waals surface area contributed by atoms with Gasteiger partial charge >= 0.3 is 0 Å². The number of hydrogen-bond donors (Lipinski definition) is 0. The minimum absolute atomic E-state index is 0.0825. The number of hydrogen-bond acceptors (Lipinski definition) is 5. The van der Waals surface area contributed by atoms with Gasteiger partial charge in [-0.2, -0.15) is 0 Å². The van der Waals surface area contributed by atoms with E-state index in [9.17, 15) is 4.79 Å². The molecule has 1 atom stereocenters. The molecule has 0 spiro atoms. The van der Waals surface area contributed by atoms with Crippen molar-refractivity contribution in [2.45, 2.75) is 12.3 Å². The predicted octanol–water partition coefficient (Wildman–Crippen LogP) is 4.48. The summed E-state index contributed by atoms with van der Waals surface area (Å²) in [7, 11) is 5.65. The number of nitrogens with zero attached hydrogens (tertiary/aromatic N) is 2. The third-order valence-electron chi connectivity index (χ3n) is 5.73. The molecule has 1 saturated heterocycles. The molecule has 5 nitrogen and oxygen atoms in total. The molecule has 3 aromatic rings. The Balaban J connectivity index is 1.47. The number of thiophene rings is 1. The standard InChI is InChI=1S/C24H28N2O3S/c1-25-13-12-17(16-25)22-20-6-4-5-7-21(20)30-23(22)24(27)26(2)14-15-29-19-10-8-18(28-3)9-11-19/h4-11,17H,12-16H2,1-3H3. The van der Waals surface area contributed by atoms with E-state index in [-0.39, 0.29) is 5.91 Å². The van der Waals surface area contributed by atoms with E-state index < -0.39 is 0 Å². The topological polar surface area (TPSA) is 42.0 Å². The first-order valence-corrected chi connectivity index (χ1v) is 11.1. The van der Waals surface area contributed by atoms with Crippen LogP contribution in [0.15, 0.2) is 48.5 Å². The highest BCUT2D eigenvalue weighted by atomic mass is 32.1. The van der Waals surface area contributed by atoms with Gasteiger partial charge in [0.1, 0.15) is 18.1 Å². The summed E-state index contributed by atoms with van der Waals surface area (Å²) >= 11 is 1.62. The van der Waals surface area contributed by atoms with Crippen molar-refractivity contribution in [1.82, 2.24) is 9.80 Å². The van der Waals surface area contributed by atoms with Crippen LogP contribution in [0.5, 0.6) is 11.5 Å². The van der Waals surface area contributed by atoms with E-state index in [4.69, 9.17) is 9.47 Å². The molecule has 4 rings (SSSR count). The molecule has 0 saturated carbocycles. The summed E-state index contributed by atoms with van der Waals surface area (Å²) in [5, 5.41) is 1.23. The summed E-state index contributed by atoms with van der Waals surface area (Å²) in [6.45, 7) is 3.06. The maximum Gasteiger partial charge on any atom is 0.264 e. The van der Waals surface area contributed by atoms with E-state index in [1.54, 1.807) is 23.3 Å². The molecule has 2 heterocycles. The van der Waals surface area contributed by atoms with Crippen LogP contribution in [0.2, 0.25) is 0 Å². The highest BCUT2D eigenvalue weighted by Crippen LogP contribution is 2.40. The first-order valence-electron chi connectivity index (χ1n) is 10.3. The van der Waals surface area contributed by atoms with Gasteiger partial charge in [-0.15, -0.1) is 11.3 Å². The van der Waals surface area contributed by atoms with Gasteiger partial charge in [0.25, 0.3) is 5.91 Å². The number of benzene rings is 2.